The van der Waals surface area contributed by atoms with Crippen molar-refractivity contribution in [3.8, 4) is 11.3 Å². The molecule has 0 unspecified atom stereocenters. The van der Waals surface area contributed by atoms with Crippen molar-refractivity contribution >= 4 is 28.5 Å². The lowest BCUT2D eigenvalue weighted by molar-refractivity contribution is 0.0697. The van der Waals surface area contributed by atoms with Gasteiger partial charge in [0, 0.05) is 27.7 Å². The van der Waals surface area contributed by atoms with E-state index in [9.17, 15) is 9.59 Å². The van der Waals surface area contributed by atoms with Crippen LogP contribution in [-0.2, 0) is 0 Å². The van der Waals surface area contributed by atoms with Gasteiger partial charge in [-0.15, -0.1) is 0 Å². The smallest absolute Gasteiger partial charge is 0.335 e. The largest absolute Gasteiger partial charge is 0.478 e. The molecule has 1 aromatic heterocycles. The second kappa shape index (κ2) is 6.80. The summed E-state index contributed by atoms with van der Waals surface area (Å²) in [6.07, 6.45) is 0. The Balaban J connectivity index is 1.68. The van der Waals surface area contributed by atoms with E-state index in [4.69, 9.17) is 5.11 Å². The minimum atomic E-state index is -1.07. The zero-order valence-electron chi connectivity index (χ0n) is 14.3. The van der Waals surface area contributed by atoms with Gasteiger partial charge in [0.2, 0.25) is 0 Å². The molecule has 0 aliphatic heterocycles. The van der Waals surface area contributed by atoms with E-state index in [-0.39, 0.29) is 11.5 Å². The molecule has 0 fully saturated rings. The lowest BCUT2D eigenvalue weighted by atomic mass is 10.1. The summed E-state index contributed by atoms with van der Waals surface area (Å²) in [5, 5.41) is 13.1. The van der Waals surface area contributed by atoms with Crippen LogP contribution in [0.1, 0.15) is 20.7 Å². The molecular formula is C22H16N2O3. The number of aromatic nitrogens is 1. The minimum absolute atomic E-state index is 0.0755. The Kier molecular flexibility index (Phi) is 4.18. The van der Waals surface area contributed by atoms with Gasteiger partial charge in [-0.25, -0.2) is 4.79 Å². The van der Waals surface area contributed by atoms with Crippen LogP contribution >= 0.6 is 0 Å². The second-order valence-corrected chi connectivity index (χ2v) is 6.16. The fourth-order valence-electron chi connectivity index (χ4n) is 3.03. The van der Waals surface area contributed by atoms with Gasteiger partial charge < -0.3 is 15.4 Å². The molecule has 0 atom stereocenters. The number of aromatic carboxylic acids is 1. The summed E-state index contributed by atoms with van der Waals surface area (Å²) in [6, 6.07) is 23.5. The van der Waals surface area contributed by atoms with Crippen LogP contribution in [0.4, 0.5) is 5.69 Å². The molecule has 0 saturated carbocycles. The number of nitrogens with one attached hydrogen (secondary N) is 2. The normalized spacial score (nSPS) is 10.7. The molecule has 0 spiro atoms. The quantitative estimate of drug-likeness (QED) is 0.492. The number of aromatic amines is 1. The molecule has 0 saturated heterocycles. The molecule has 1 amide bonds. The van der Waals surface area contributed by atoms with Gasteiger partial charge in [0.15, 0.2) is 0 Å². The van der Waals surface area contributed by atoms with Crippen molar-refractivity contribution in [3.05, 3.63) is 90.0 Å². The number of para-hydroxylation sites is 2. The third-order valence-corrected chi connectivity index (χ3v) is 4.37. The summed E-state index contributed by atoms with van der Waals surface area (Å²) >= 11 is 0. The van der Waals surface area contributed by atoms with E-state index in [2.05, 4.69) is 10.3 Å². The monoisotopic (exact) mass is 356 g/mol. The van der Waals surface area contributed by atoms with Crippen LogP contribution in [0.3, 0.4) is 0 Å². The average molecular weight is 356 g/mol. The molecule has 4 aromatic rings. The number of carboxylic acids is 1. The number of H-pyrrole nitrogens is 1. The highest BCUT2D eigenvalue weighted by Gasteiger charge is 2.13. The molecule has 4 rings (SSSR count). The highest BCUT2D eigenvalue weighted by molar-refractivity contribution is 6.07. The summed E-state index contributed by atoms with van der Waals surface area (Å²) in [5.74, 6) is -1.43. The molecule has 0 bridgehead atoms. The maximum Gasteiger partial charge on any atom is 0.335 e. The zero-order valence-corrected chi connectivity index (χ0v) is 14.3. The molecule has 0 radical (unpaired) electrons. The minimum Gasteiger partial charge on any atom is -0.478 e. The Hall–Kier alpha value is -3.86. The first-order valence-corrected chi connectivity index (χ1v) is 8.44. The molecule has 27 heavy (non-hydrogen) atoms. The fourth-order valence-corrected chi connectivity index (χ4v) is 3.03. The number of carboxylic acid groups (broad SMARTS) is 1. The van der Waals surface area contributed by atoms with Gasteiger partial charge in [0.25, 0.3) is 5.91 Å². The fraction of sp³-hybridized carbons (Fsp3) is 0. The highest BCUT2D eigenvalue weighted by Crippen LogP contribution is 2.30. The summed E-state index contributed by atoms with van der Waals surface area (Å²) in [7, 11) is 0. The molecule has 5 heteroatoms. The van der Waals surface area contributed by atoms with Crippen molar-refractivity contribution in [2.24, 2.45) is 0 Å². The molecule has 5 nitrogen and oxygen atoms in total. The average Bonchev–Trinajstić information content (AvgIpc) is 3.12. The van der Waals surface area contributed by atoms with Crippen molar-refractivity contribution < 1.29 is 14.7 Å². The molecule has 3 aromatic carbocycles. The van der Waals surface area contributed by atoms with Crippen LogP contribution in [-0.4, -0.2) is 22.0 Å². The number of rotatable bonds is 4. The number of anilines is 1. The first-order chi connectivity index (χ1) is 13.1. The topological polar surface area (TPSA) is 82.2 Å². The van der Waals surface area contributed by atoms with Gasteiger partial charge in [-0.2, -0.15) is 0 Å². The molecular weight excluding hydrogens is 340 g/mol. The van der Waals surface area contributed by atoms with Crippen LogP contribution in [0, 0.1) is 0 Å². The highest BCUT2D eigenvalue weighted by atomic mass is 16.4. The van der Waals surface area contributed by atoms with Crippen molar-refractivity contribution in [1.29, 1.82) is 0 Å². The van der Waals surface area contributed by atoms with Crippen LogP contribution in [0.5, 0.6) is 0 Å². The van der Waals surface area contributed by atoms with Crippen LogP contribution in [0.15, 0.2) is 78.9 Å². The number of carbonyl (C=O) groups is 2. The summed E-state index contributed by atoms with van der Waals surface area (Å²) in [4.78, 5) is 27.1. The summed E-state index contributed by atoms with van der Waals surface area (Å²) in [6.45, 7) is 0. The standard InChI is InChI=1S/C22H16N2O3/c25-21(15-7-5-8-16(12-15)22(26)27)24-19-11-4-2-9-17(19)20-13-14-6-1-3-10-18(14)23-20/h1-13,23H,(H,24,25)(H,26,27). The predicted molar refractivity (Wildman–Crippen MR) is 105 cm³/mol. The van der Waals surface area contributed by atoms with Gasteiger partial charge in [0.1, 0.15) is 0 Å². The summed E-state index contributed by atoms with van der Waals surface area (Å²) in [5.41, 5.74) is 3.79. The maximum atomic E-state index is 12.6. The Morgan fingerprint density at radius 1 is 0.815 bits per heavy atom. The molecule has 1 heterocycles. The van der Waals surface area contributed by atoms with Gasteiger partial charge in [0.05, 0.1) is 11.3 Å². The molecule has 132 valence electrons. The zero-order chi connectivity index (χ0) is 18.8. The Morgan fingerprint density at radius 3 is 2.37 bits per heavy atom. The van der Waals surface area contributed by atoms with Crippen molar-refractivity contribution in [2.75, 3.05) is 5.32 Å². The van der Waals surface area contributed by atoms with E-state index in [1.54, 1.807) is 12.1 Å². The molecule has 3 N–H and O–H groups in total. The Bertz CT molecular complexity index is 1130. The molecule has 0 aliphatic carbocycles. The van der Waals surface area contributed by atoms with E-state index >= 15 is 0 Å². The number of hydrogen-bond acceptors (Lipinski definition) is 2. The Labute approximate surface area is 155 Å². The molecule has 0 aliphatic rings. The maximum absolute atomic E-state index is 12.6. The van der Waals surface area contributed by atoms with Crippen molar-refractivity contribution in [1.82, 2.24) is 4.98 Å². The van der Waals surface area contributed by atoms with Crippen LogP contribution in [0.25, 0.3) is 22.2 Å². The lowest BCUT2D eigenvalue weighted by Crippen LogP contribution is -2.13. The second-order valence-electron chi connectivity index (χ2n) is 6.16. The van der Waals surface area contributed by atoms with Crippen molar-refractivity contribution in [3.63, 3.8) is 0 Å². The SMILES string of the molecule is O=C(O)c1cccc(C(=O)Nc2ccccc2-c2cc3ccccc3[nH]2)c1. The number of benzene rings is 3. The Morgan fingerprint density at radius 2 is 1.56 bits per heavy atom. The number of fused-ring (bicyclic) bond motifs is 1. The van der Waals surface area contributed by atoms with E-state index in [0.717, 1.165) is 22.2 Å². The predicted octanol–water partition coefficient (Wildman–Crippen LogP) is 4.79. The van der Waals surface area contributed by atoms with Gasteiger partial charge in [-0.1, -0.05) is 42.5 Å². The van der Waals surface area contributed by atoms with E-state index in [0.29, 0.717) is 11.3 Å². The van der Waals surface area contributed by atoms with Crippen LogP contribution in [0.2, 0.25) is 0 Å². The number of hydrogen-bond donors (Lipinski definition) is 3. The number of carbonyl (C=O) groups excluding carboxylic acids is 1. The van der Waals surface area contributed by atoms with Gasteiger partial charge >= 0.3 is 5.97 Å². The van der Waals surface area contributed by atoms with E-state index in [1.807, 2.05) is 54.6 Å². The third kappa shape index (κ3) is 3.30. The first kappa shape index (κ1) is 16.6. The first-order valence-electron chi connectivity index (χ1n) is 8.44. The van der Waals surface area contributed by atoms with E-state index < -0.39 is 5.97 Å². The lowest BCUT2D eigenvalue weighted by Gasteiger charge is -2.10. The third-order valence-electron chi connectivity index (χ3n) is 4.37. The van der Waals surface area contributed by atoms with Crippen molar-refractivity contribution in [2.45, 2.75) is 0 Å². The van der Waals surface area contributed by atoms with Gasteiger partial charge in [-0.3, -0.25) is 4.79 Å². The number of amides is 1. The van der Waals surface area contributed by atoms with Crippen LogP contribution < -0.4 is 5.32 Å². The summed E-state index contributed by atoms with van der Waals surface area (Å²) < 4.78 is 0. The van der Waals surface area contributed by atoms with E-state index in [1.165, 1.54) is 12.1 Å². The van der Waals surface area contributed by atoms with Gasteiger partial charge in [-0.05, 0) is 36.4 Å².